The summed E-state index contributed by atoms with van der Waals surface area (Å²) in [5.74, 6) is -0.859. The van der Waals surface area contributed by atoms with E-state index in [1.165, 1.54) is 24.3 Å². The molecular weight excluding hydrogens is 268 g/mol. The highest BCUT2D eigenvalue weighted by molar-refractivity contribution is 5.91. The van der Waals surface area contributed by atoms with E-state index in [9.17, 15) is 20.1 Å². The van der Waals surface area contributed by atoms with Gasteiger partial charge >= 0.3 is 5.97 Å². The Morgan fingerprint density at radius 1 is 1.00 bits per heavy atom. The second kappa shape index (κ2) is 5.13. The highest BCUT2D eigenvalue weighted by Crippen LogP contribution is 2.39. The molecule has 4 heteroatoms. The third-order valence-corrected chi connectivity index (χ3v) is 3.34. The molecule has 110 valence electrons. The van der Waals surface area contributed by atoms with E-state index in [0.717, 1.165) is 0 Å². The molecule has 0 aliphatic heterocycles. The molecule has 0 atom stereocenters. The number of carboxylic acid groups (broad SMARTS) is 1. The lowest BCUT2D eigenvalue weighted by Gasteiger charge is -2.23. The van der Waals surface area contributed by atoms with Crippen LogP contribution < -0.4 is 0 Å². The molecule has 2 rings (SSSR count). The van der Waals surface area contributed by atoms with Crippen LogP contribution in [0, 0.1) is 0 Å². The van der Waals surface area contributed by atoms with Crippen molar-refractivity contribution in [2.45, 2.75) is 26.2 Å². The van der Waals surface area contributed by atoms with Gasteiger partial charge in [-0.3, -0.25) is 0 Å². The Balaban J connectivity index is 2.73. The zero-order valence-corrected chi connectivity index (χ0v) is 12.2. The largest absolute Gasteiger partial charge is 0.508 e. The number of aromatic carboxylic acids is 1. The topological polar surface area (TPSA) is 77.8 Å². The van der Waals surface area contributed by atoms with Crippen LogP contribution in [0.1, 0.15) is 36.7 Å². The Labute approximate surface area is 123 Å². The lowest BCUT2D eigenvalue weighted by atomic mass is 9.83. The first-order chi connectivity index (χ1) is 9.70. The zero-order valence-electron chi connectivity index (χ0n) is 12.2. The van der Waals surface area contributed by atoms with E-state index in [0.29, 0.717) is 16.7 Å². The normalized spacial score (nSPS) is 11.4. The summed E-state index contributed by atoms with van der Waals surface area (Å²) >= 11 is 0. The molecule has 0 aliphatic carbocycles. The minimum Gasteiger partial charge on any atom is -0.508 e. The third kappa shape index (κ3) is 2.99. The van der Waals surface area contributed by atoms with E-state index in [1.807, 2.05) is 20.8 Å². The van der Waals surface area contributed by atoms with Crippen molar-refractivity contribution in [1.29, 1.82) is 0 Å². The van der Waals surface area contributed by atoms with Crippen LogP contribution in [-0.4, -0.2) is 21.3 Å². The van der Waals surface area contributed by atoms with Crippen LogP contribution in [-0.2, 0) is 5.41 Å². The quantitative estimate of drug-likeness (QED) is 0.785. The summed E-state index contributed by atoms with van der Waals surface area (Å²) in [4.78, 5) is 11.3. The molecule has 0 radical (unpaired) electrons. The highest BCUT2D eigenvalue weighted by atomic mass is 16.4. The molecule has 0 amide bonds. The average molecular weight is 286 g/mol. The Morgan fingerprint density at radius 2 is 1.57 bits per heavy atom. The van der Waals surface area contributed by atoms with Crippen LogP contribution in [0.5, 0.6) is 11.5 Å². The van der Waals surface area contributed by atoms with Crippen LogP contribution in [0.25, 0.3) is 11.1 Å². The van der Waals surface area contributed by atoms with Gasteiger partial charge in [0.15, 0.2) is 0 Å². The molecule has 0 aliphatic rings. The summed E-state index contributed by atoms with van der Waals surface area (Å²) in [6.07, 6.45) is 0. The van der Waals surface area contributed by atoms with Gasteiger partial charge in [0.2, 0.25) is 0 Å². The fraction of sp³-hybridized carbons (Fsp3) is 0.235. The summed E-state index contributed by atoms with van der Waals surface area (Å²) < 4.78 is 0. The Morgan fingerprint density at radius 3 is 2.05 bits per heavy atom. The van der Waals surface area contributed by atoms with Crippen molar-refractivity contribution in [2.24, 2.45) is 0 Å². The van der Waals surface area contributed by atoms with Crippen molar-refractivity contribution < 1.29 is 20.1 Å². The number of benzene rings is 2. The van der Waals surface area contributed by atoms with Crippen LogP contribution in [0.15, 0.2) is 36.4 Å². The van der Waals surface area contributed by atoms with Crippen molar-refractivity contribution in [3.8, 4) is 22.6 Å². The maximum absolute atomic E-state index is 11.3. The number of carboxylic acids is 1. The van der Waals surface area contributed by atoms with Crippen molar-refractivity contribution in [3.63, 3.8) is 0 Å². The molecular formula is C17H18O4. The number of rotatable bonds is 2. The first-order valence-electron chi connectivity index (χ1n) is 6.60. The highest BCUT2D eigenvalue weighted by Gasteiger charge is 2.23. The summed E-state index contributed by atoms with van der Waals surface area (Å²) in [6, 6.07) is 9.23. The van der Waals surface area contributed by atoms with Crippen LogP contribution in [0.2, 0.25) is 0 Å². The predicted octanol–water partition coefficient (Wildman–Crippen LogP) is 3.76. The Bertz CT molecular complexity index is 679. The number of hydrogen-bond donors (Lipinski definition) is 3. The van der Waals surface area contributed by atoms with E-state index in [1.54, 1.807) is 12.1 Å². The molecule has 0 saturated carbocycles. The molecule has 0 fully saturated rings. The molecule has 21 heavy (non-hydrogen) atoms. The van der Waals surface area contributed by atoms with Gasteiger partial charge in [0.1, 0.15) is 11.5 Å². The van der Waals surface area contributed by atoms with Gasteiger partial charge in [-0.25, -0.2) is 4.79 Å². The number of aromatic hydroxyl groups is 2. The smallest absolute Gasteiger partial charge is 0.335 e. The summed E-state index contributed by atoms with van der Waals surface area (Å²) in [7, 11) is 0. The standard InChI is InChI=1S/C17H18O4/c1-17(2,3)14-9-11(16(20)21)8-13(15(14)19)10-4-6-12(18)7-5-10/h4-9,18-19H,1-3H3,(H,20,21). The lowest BCUT2D eigenvalue weighted by Crippen LogP contribution is -2.13. The van der Waals surface area contributed by atoms with E-state index < -0.39 is 5.97 Å². The maximum atomic E-state index is 11.3. The van der Waals surface area contributed by atoms with Gasteiger partial charge in [0, 0.05) is 11.1 Å². The minimum atomic E-state index is -1.04. The van der Waals surface area contributed by atoms with E-state index in [-0.39, 0.29) is 22.5 Å². The molecule has 3 N–H and O–H groups in total. The van der Waals surface area contributed by atoms with Crippen molar-refractivity contribution in [3.05, 3.63) is 47.5 Å². The first-order valence-corrected chi connectivity index (χ1v) is 6.60. The van der Waals surface area contributed by atoms with Gasteiger partial charge < -0.3 is 15.3 Å². The SMILES string of the molecule is CC(C)(C)c1cc(C(=O)O)cc(-c2ccc(O)cc2)c1O. The molecule has 0 bridgehead atoms. The number of hydrogen-bond acceptors (Lipinski definition) is 3. The van der Waals surface area contributed by atoms with E-state index in [2.05, 4.69) is 0 Å². The van der Waals surface area contributed by atoms with Crippen molar-refractivity contribution >= 4 is 5.97 Å². The lowest BCUT2D eigenvalue weighted by molar-refractivity contribution is 0.0696. The first kappa shape index (κ1) is 14.9. The summed E-state index contributed by atoms with van der Waals surface area (Å²) in [5, 5.41) is 29.1. The van der Waals surface area contributed by atoms with Gasteiger partial charge in [-0.15, -0.1) is 0 Å². The second-order valence-electron chi connectivity index (χ2n) is 6.02. The fourth-order valence-corrected chi connectivity index (χ4v) is 2.19. The predicted molar refractivity (Wildman–Crippen MR) is 80.9 cm³/mol. The molecule has 4 nitrogen and oxygen atoms in total. The van der Waals surface area contributed by atoms with Crippen LogP contribution in [0.3, 0.4) is 0 Å². The summed E-state index contributed by atoms with van der Waals surface area (Å²) in [6.45, 7) is 5.73. The molecule has 0 heterocycles. The van der Waals surface area contributed by atoms with Gasteiger partial charge in [-0.2, -0.15) is 0 Å². The second-order valence-corrected chi connectivity index (χ2v) is 6.02. The molecule has 2 aromatic carbocycles. The van der Waals surface area contributed by atoms with E-state index in [4.69, 9.17) is 0 Å². The van der Waals surface area contributed by atoms with Crippen molar-refractivity contribution in [1.82, 2.24) is 0 Å². The average Bonchev–Trinajstić information content (AvgIpc) is 2.38. The maximum Gasteiger partial charge on any atom is 0.335 e. The Kier molecular flexibility index (Phi) is 3.64. The van der Waals surface area contributed by atoms with Gasteiger partial charge in [0.25, 0.3) is 0 Å². The Hall–Kier alpha value is -2.49. The molecule has 0 aromatic heterocycles. The van der Waals surface area contributed by atoms with Crippen molar-refractivity contribution in [2.75, 3.05) is 0 Å². The molecule has 0 saturated heterocycles. The summed E-state index contributed by atoms with van der Waals surface area (Å²) in [5.41, 5.74) is 1.41. The fourth-order valence-electron chi connectivity index (χ4n) is 2.19. The monoisotopic (exact) mass is 286 g/mol. The molecule has 2 aromatic rings. The third-order valence-electron chi connectivity index (χ3n) is 3.34. The molecule has 0 unspecified atom stereocenters. The van der Waals surface area contributed by atoms with Crippen LogP contribution >= 0.6 is 0 Å². The van der Waals surface area contributed by atoms with Gasteiger partial charge in [-0.05, 0) is 35.2 Å². The van der Waals surface area contributed by atoms with E-state index >= 15 is 0 Å². The van der Waals surface area contributed by atoms with Crippen LogP contribution in [0.4, 0.5) is 0 Å². The number of carbonyl (C=O) groups is 1. The minimum absolute atomic E-state index is 0.0678. The zero-order chi connectivity index (χ0) is 15.8. The van der Waals surface area contributed by atoms with Gasteiger partial charge in [0.05, 0.1) is 5.56 Å². The van der Waals surface area contributed by atoms with Gasteiger partial charge in [-0.1, -0.05) is 32.9 Å². The number of phenols is 2. The number of phenolic OH excluding ortho intramolecular Hbond substituents is 2. The molecule has 0 spiro atoms.